The van der Waals surface area contributed by atoms with E-state index in [2.05, 4.69) is 63.2 Å². The molecule has 0 spiro atoms. The van der Waals surface area contributed by atoms with Crippen LogP contribution >= 0.6 is 0 Å². The van der Waals surface area contributed by atoms with Crippen LogP contribution < -0.4 is 10.5 Å². The molecule has 1 aliphatic heterocycles. The van der Waals surface area contributed by atoms with E-state index in [-0.39, 0.29) is 11.5 Å². The van der Waals surface area contributed by atoms with Gasteiger partial charge in [-0.25, -0.2) is 0 Å². The van der Waals surface area contributed by atoms with Crippen molar-refractivity contribution in [2.75, 3.05) is 6.61 Å². The van der Waals surface area contributed by atoms with Crippen LogP contribution in [0.15, 0.2) is 42.5 Å². The molecule has 0 aliphatic carbocycles. The largest absolute Gasteiger partial charge is 0.492 e. The first-order chi connectivity index (χ1) is 10.0. The molecule has 2 heteroatoms. The standard InChI is InChI=1S/C19H23NO/c1-4-13-5-7-14(8-6-13)18(20)15-9-10-17-16(11-15)19(2,3)12-21-17/h5-11,18H,4,12,20H2,1-3H3. The van der Waals surface area contributed by atoms with Gasteiger partial charge in [0.15, 0.2) is 0 Å². The third kappa shape index (κ3) is 2.56. The Morgan fingerprint density at radius 2 is 1.76 bits per heavy atom. The van der Waals surface area contributed by atoms with Crippen molar-refractivity contribution in [2.45, 2.75) is 38.6 Å². The summed E-state index contributed by atoms with van der Waals surface area (Å²) in [6.07, 6.45) is 1.06. The lowest BCUT2D eigenvalue weighted by Crippen LogP contribution is -2.19. The molecule has 0 amide bonds. The summed E-state index contributed by atoms with van der Waals surface area (Å²) in [5.74, 6) is 0.997. The molecule has 2 aromatic carbocycles. The lowest BCUT2D eigenvalue weighted by atomic mass is 9.85. The highest BCUT2D eigenvalue weighted by Crippen LogP contribution is 2.39. The van der Waals surface area contributed by atoms with Crippen molar-refractivity contribution in [2.24, 2.45) is 5.73 Å². The molecule has 2 N–H and O–H groups in total. The number of fused-ring (bicyclic) bond motifs is 1. The van der Waals surface area contributed by atoms with E-state index in [9.17, 15) is 0 Å². The summed E-state index contributed by atoms with van der Waals surface area (Å²) in [5, 5.41) is 0. The van der Waals surface area contributed by atoms with E-state index in [0.29, 0.717) is 0 Å². The second-order valence-corrected chi connectivity index (χ2v) is 6.50. The minimum atomic E-state index is -0.0855. The number of hydrogen-bond acceptors (Lipinski definition) is 2. The van der Waals surface area contributed by atoms with Gasteiger partial charge in [0.05, 0.1) is 12.6 Å². The fraction of sp³-hybridized carbons (Fsp3) is 0.368. The van der Waals surface area contributed by atoms with Crippen LogP contribution in [0.25, 0.3) is 0 Å². The zero-order chi connectivity index (χ0) is 15.0. The van der Waals surface area contributed by atoms with Gasteiger partial charge >= 0.3 is 0 Å². The second kappa shape index (κ2) is 5.19. The number of benzene rings is 2. The predicted molar refractivity (Wildman–Crippen MR) is 86.8 cm³/mol. The quantitative estimate of drug-likeness (QED) is 0.924. The van der Waals surface area contributed by atoms with E-state index in [1.54, 1.807) is 0 Å². The fourth-order valence-electron chi connectivity index (χ4n) is 2.88. The first-order valence-electron chi connectivity index (χ1n) is 7.63. The van der Waals surface area contributed by atoms with Crippen LogP contribution in [-0.4, -0.2) is 6.61 Å². The molecule has 2 aromatic rings. The monoisotopic (exact) mass is 281 g/mol. The van der Waals surface area contributed by atoms with E-state index >= 15 is 0 Å². The van der Waals surface area contributed by atoms with Crippen LogP contribution in [-0.2, 0) is 11.8 Å². The minimum absolute atomic E-state index is 0.0666. The van der Waals surface area contributed by atoms with Gasteiger partial charge in [0, 0.05) is 11.0 Å². The summed E-state index contributed by atoms with van der Waals surface area (Å²) in [7, 11) is 0. The number of aryl methyl sites for hydroxylation is 1. The molecule has 1 atom stereocenters. The summed E-state index contributed by atoms with van der Waals surface area (Å²) in [5.41, 5.74) is 11.4. The summed E-state index contributed by atoms with van der Waals surface area (Å²) in [6.45, 7) is 7.33. The van der Waals surface area contributed by atoms with Gasteiger partial charge in [-0.2, -0.15) is 0 Å². The lowest BCUT2D eigenvalue weighted by Gasteiger charge is -2.18. The van der Waals surface area contributed by atoms with Crippen molar-refractivity contribution < 1.29 is 4.74 Å². The van der Waals surface area contributed by atoms with Crippen LogP contribution in [0.2, 0.25) is 0 Å². The van der Waals surface area contributed by atoms with E-state index in [1.807, 2.05) is 0 Å². The van der Waals surface area contributed by atoms with Crippen molar-refractivity contribution >= 4 is 0 Å². The van der Waals surface area contributed by atoms with Crippen LogP contribution in [0.5, 0.6) is 5.75 Å². The molecule has 0 saturated carbocycles. The predicted octanol–water partition coefficient (Wildman–Crippen LogP) is 3.97. The third-order valence-corrected chi connectivity index (χ3v) is 4.43. The Morgan fingerprint density at radius 1 is 1.10 bits per heavy atom. The van der Waals surface area contributed by atoms with Gasteiger partial charge < -0.3 is 10.5 Å². The summed E-state index contributed by atoms with van der Waals surface area (Å²) in [6, 6.07) is 14.9. The van der Waals surface area contributed by atoms with Gasteiger partial charge in [0.25, 0.3) is 0 Å². The van der Waals surface area contributed by atoms with Crippen molar-refractivity contribution in [3.63, 3.8) is 0 Å². The lowest BCUT2D eigenvalue weighted by molar-refractivity contribution is 0.291. The zero-order valence-corrected chi connectivity index (χ0v) is 13.0. The molecule has 21 heavy (non-hydrogen) atoms. The highest BCUT2D eigenvalue weighted by Gasteiger charge is 2.32. The molecule has 0 fully saturated rings. The van der Waals surface area contributed by atoms with E-state index < -0.39 is 0 Å². The van der Waals surface area contributed by atoms with Crippen LogP contribution in [0, 0.1) is 0 Å². The summed E-state index contributed by atoms with van der Waals surface area (Å²) in [4.78, 5) is 0. The van der Waals surface area contributed by atoms with Crippen molar-refractivity contribution in [3.8, 4) is 5.75 Å². The van der Waals surface area contributed by atoms with Crippen LogP contribution in [0.1, 0.15) is 49.1 Å². The second-order valence-electron chi connectivity index (χ2n) is 6.50. The Kier molecular flexibility index (Phi) is 3.50. The molecule has 0 aromatic heterocycles. The van der Waals surface area contributed by atoms with Crippen molar-refractivity contribution in [1.82, 2.24) is 0 Å². The van der Waals surface area contributed by atoms with Crippen molar-refractivity contribution in [3.05, 3.63) is 64.7 Å². The fourth-order valence-corrected chi connectivity index (χ4v) is 2.88. The topological polar surface area (TPSA) is 35.2 Å². The van der Waals surface area contributed by atoms with E-state index in [1.165, 1.54) is 11.1 Å². The van der Waals surface area contributed by atoms with Crippen molar-refractivity contribution in [1.29, 1.82) is 0 Å². The Balaban J connectivity index is 1.93. The van der Waals surface area contributed by atoms with Crippen LogP contribution in [0.4, 0.5) is 0 Å². The molecule has 2 nitrogen and oxygen atoms in total. The Hall–Kier alpha value is -1.80. The molecular weight excluding hydrogens is 258 g/mol. The third-order valence-electron chi connectivity index (χ3n) is 4.43. The average Bonchev–Trinajstić information content (AvgIpc) is 2.82. The highest BCUT2D eigenvalue weighted by molar-refractivity contribution is 5.47. The van der Waals surface area contributed by atoms with Gasteiger partial charge in [0.1, 0.15) is 5.75 Å². The smallest absolute Gasteiger partial charge is 0.123 e. The van der Waals surface area contributed by atoms with Gasteiger partial charge in [-0.3, -0.25) is 0 Å². The molecule has 1 aliphatic rings. The zero-order valence-electron chi connectivity index (χ0n) is 13.0. The number of ether oxygens (including phenoxy) is 1. The molecule has 3 rings (SSSR count). The molecular formula is C19H23NO. The Bertz CT molecular complexity index is 643. The number of rotatable bonds is 3. The maximum absolute atomic E-state index is 6.45. The molecule has 0 saturated heterocycles. The summed E-state index contributed by atoms with van der Waals surface area (Å²) < 4.78 is 5.74. The van der Waals surface area contributed by atoms with Gasteiger partial charge in [-0.05, 0) is 35.2 Å². The minimum Gasteiger partial charge on any atom is -0.492 e. The van der Waals surface area contributed by atoms with E-state index in [0.717, 1.165) is 29.9 Å². The molecule has 110 valence electrons. The highest BCUT2D eigenvalue weighted by atomic mass is 16.5. The van der Waals surface area contributed by atoms with Gasteiger partial charge in [-0.1, -0.05) is 51.1 Å². The van der Waals surface area contributed by atoms with E-state index in [4.69, 9.17) is 10.5 Å². The number of hydrogen-bond donors (Lipinski definition) is 1. The average molecular weight is 281 g/mol. The molecule has 1 heterocycles. The maximum atomic E-state index is 6.45. The SMILES string of the molecule is CCc1ccc(C(N)c2ccc3c(c2)C(C)(C)CO3)cc1. The molecule has 1 unspecified atom stereocenters. The van der Waals surface area contributed by atoms with Crippen LogP contribution in [0.3, 0.4) is 0 Å². The molecule has 0 radical (unpaired) electrons. The number of nitrogens with two attached hydrogens (primary N) is 1. The maximum Gasteiger partial charge on any atom is 0.123 e. The Morgan fingerprint density at radius 3 is 2.43 bits per heavy atom. The first kappa shape index (κ1) is 14.2. The Labute approximate surface area is 126 Å². The van der Waals surface area contributed by atoms with Gasteiger partial charge in [0.2, 0.25) is 0 Å². The first-order valence-corrected chi connectivity index (χ1v) is 7.63. The normalized spacial score (nSPS) is 17.1. The van der Waals surface area contributed by atoms with Gasteiger partial charge in [-0.15, -0.1) is 0 Å². The summed E-state index contributed by atoms with van der Waals surface area (Å²) >= 11 is 0. The molecule has 0 bridgehead atoms.